The third kappa shape index (κ3) is 7.81. The SMILES string of the molecule is CC(C)(C)c1ccc(-n2nnnc2SCC(=O)Nc2ccc(NC(=O)CCc3ccccc3)cc2Cl)c(Cl)c1. The van der Waals surface area contributed by atoms with Crippen LogP contribution in [0.4, 0.5) is 11.4 Å². The largest absolute Gasteiger partial charge is 0.326 e. The average molecular weight is 584 g/mol. The number of halogens is 2. The van der Waals surface area contributed by atoms with Gasteiger partial charge in [0.2, 0.25) is 17.0 Å². The minimum absolute atomic E-state index is 0.0480. The van der Waals surface area contributed by atoms with E-state index >= 15 is 0 Å². The van der Waals surface area contributed by atoms with E-state index in [1.54, 1.807) is 18.2 Å². The highest BCUT2D eigenvalue weighted by atomic mass is 35.5. The summed E-state index contributed by atoms with van der Waals surface area (Å²) in [6.45, 7) is 6.33. The average Bonchev–Trinajstić information content (AvgIpc) is 3.36. The van der Waals surface area contributed by atoms with Gasteiger partial charge in [0.25, 0.3) is 0 Å². The maximum Gasteiger partial charge on any atom is 0.234 e. The van der Waals surface area contributed by atoms with E-state index in [2.05, 4.69) is 46.9 Å². The predicted molar refractivity (Wildman–Crippen MR) is 157 cm³/mol. The van der Waals surface area contributed by atoms with Crippen LogP contribution in [-0.4, -0.2) is 37.8 Å². The Balaban J connectivity index is 1.32. The van der Waals surface area contributed by atoms with Gasteiger partial charge in [-0.25, -0.2) is 0 Å². The number of nitrogens with one attached hydrogen (secondary N) is 2. The minimum atomic E-state index is -0.287. The normalized spacial score (nSPS) is 11.3. The van der Waals surface area contributed by atoms with Gasteiger partial charge in [-0.3, -0.25) is 9.59 Å². The number of carbonyl (C=O) groups excluding carboxylic acids is 2. The van der Waals surface area contributed by atoms with Crippen molar-refractivity contribution in [3.05, 3.63) is 87.9 Å². The Kier molecular flexibility index (Phi) is 9.27. The molecule has 0 aliphatic heterocycles. The summed E-state index contributed by atoms with van der Waals surface area (Å²) in [6.07, 6.45) is 0.993. The van der Waals surface area contributed by atoms with Gasteiger partial charge in [-0.1, -0.05) is 92.1 Å². The number of nitrogens with zero attached hydrogens (tertiary/aromatic N) is 4. The summed E-state index contributed by atoms with van der Waals surface area (Å²) < 4.78 is 1.51. The Morgan fingerprint density at radius 1 is 0.923 bits per heavy atom. The lowest BCUT2D eigenvalue weighted by Crippen LogP contribution is -2.16. The molecule has 2 N–H and O–H groups in total. The van der Waals surface area contributed by atoms with E-state index in [0.29, 0.717) is 45.1 Å². The summed E-state index contributed by atoms with van der Waals surface area (Å²) in [5, 5.41) is 18.7. The van der Waals surface area contributed by atoms with E-state index in [-0.39, 0.29) is 23.0 Å². The van der Waals surface area contributed by atoms with Crippen LogP contribution < -0.4 is 10.6 Å². The summed E-state index contributed by atoms with van der Waals surface area (Å²) in [4.78, 5) is 25.0. The van der Waals surface area contributed by atoms with E-state index < -0.39 is 0 Å². The van der Waals surface area contributed by atoms with Crippen molar-refractivity contribution in [1.82, 2.24) is 20.2 Å². The van der Waals surface area contributed by atoms with E-state index in [1.807, 2.05) is 48.5 Å². The fraction of sp³-hybridized carbons (Fsp3) is 0.250. The zero-order chi connectivity index (χ0) is 28.0. The first-order valence-corrected chi connectivity index (χ1v) is 14.0. The second-order valence-corrected chi connectivity index (χ2v) is 11.6. The summed E-state index contributed by atoms with van der Waals surface area (Å²) in [5.41, 5.74) is 3.75. The third-order valence-electron chi connectivity index (χ3n) is 5.83. The molecule has 0 fully saturated rings. The molecule has 0 spiro atoms. The van der Waals surface area contributed by atoms with Crippen LogP contribution in [0.25, 0.3) is 5.69 Å². The van der Waals surface area contributed by atoms with Crippen molar-refractivity contribution >= 4 is 58.2 Å². The zero-order valence-electron chi connectivity index (χ0n) is 21.7. The molecule has 0 unspecified atom stereocenters. The third-order valence-corrected chi connectivity index (χ3v) is 7.36. The highest BCUT2D eigenvalue weighted by Gasteiger charge is 2.19. The number of hydrogen-bond donors (Lipinski definition) is 2. The maximum absolute atomic E-state index is 12.6. The van der Waals surface area contributed by atoms with Gasteiger partial charge in [-0.05, 0) is 63.7 Å². The number of amides is 2. The Bertz CT molecular complexity index is 1470. The van der Waals surface area contributed by atoms with Crippen molar-refractivity contribution in [2.45, 2.75) is 44.2 Å². The summed E-state index contributed by atoms with van der Waals surface area (Å²) in [6, 6.07) is 20.5. The topological polar surface area (TPSA) is 102 Å². The fourth-order valence-corrected chi connectivity index (χ4v) is 4.87. The molecule has 1 aromatic heterocycles. The lowest BCUT2D eigenvalue weighted by Gasteiger charge is -2.20. The Hall–Kier alpha value is -3.40. The lowest BCUT2D eigenvalue weighted by molar-refractivity contribution is -0.116. The highest BCUT2D eigenvalue weighted by molar-refractivity contribution is 7.99. The molecule has 0 bridgehead atoms. The van der Waals surface area contributed by atoms with Crippen LogP contribution in [0.3, 0.4) is 0 Å². The van der Waals surface area contributed by atoms with Crippen LogP contribution in [0, 0.1) is 0 Å². The van der Waals surface area contributed by atoms with Crippen LogP contribution >= 0.6 is 35.0 Å². The van der Waals surface area contributed by atoms with Crippen LogP contribution in [0.15, 0.2) is 71.9 Å². The molecule has 4 aromatic rings. The Labute approximate surface area is 241 Å². The number of anilines is 2. The standard InChI is InChI=1S/C28H28Cl2N6O2S/c1-28(2,3)19-10-13-24(22(30)15-19)36-27(33-34-35-36)39-17-26(38)32-23-12-11-20(16-21(23)29)31-25(37)14-9-18-7-5-4-6-8-18/h4-8,10-13,15-16H,9,14,17H2,1-3H3,(H,31,37)(H,32,38). The molecule has 0 saturated carbocycles. The zero-order valence-corrected chi connectivity index (χ0v) is 24.1. The van der Waals surface area contributed by atoms with Crippen molar-refractivity contribution in [3.8, 4) is 5.69 Å². The van der Waals surface area contributed by atoms with Crippen molar-refractivity contribution in [1.29, 1.82) is 0 Å². The first-order valence-electron chi connectivity index (χ1n) is 12.2. The van der Waals surface area contributed by atoms with E-state index in [0.717, 1.165) is 11.1 Å². The van der Waals surface area contributed by atoms with Crippen molar-refractivity contribution < 1.29 is 9.59 Å². The second-order valence-electron chi connectivity index (χ2n) is 9.85. The van der Waals surface area contributed by atoms with Gasteiger partial charge in [0.1, 0.15) is 0 Å². The number of aryl methyl sites for hydroxylation is 1. The van der Waals surface area contributed by atoms with Gasteiger partial charge >= 0.3 is 0 Å². The van der Waals surface area contributed by atoms with Gasteiger partial charge < -0.3 is 10.6 Å². The molecule has 3 aromatic carbocycles. The first-order chi connectivity index (χ1) is 18.6. The summed E-state index contributed by atoms with van der Waals surface area (Å²) in [7, 11) is 0. The minimum Gasteiger partial charge on any atom is -0.326 e. The molecule has 0 aliphatic rings. The van der Waals surface area contributed by atoms with Gasteiger partial charge in [0.05, 0.1) is 27.2 Å². The number of rotatable bonds is 9. The number of thioether (sulfide) groups is 1. The predicted octanol–water partition coefficient (Wildman–Crippen LogP) is 6.57. The number of tetrazole rings is 1. The summed E-state index contributed by atoms with van der Waals surface area (Å²) in [5.74, 6) is -0.355. The molecule has 39 heavy (non-hydrogen) atoms. The lowest BCUT2D eigenvalue weighted by atomic mass is 9.87. The fourth-order valence-electron chi connectivity index (χ4n) is 3.70. The van der Waals surface area contributed by atoms with Crippen LogP contribution in [0.5, 0.6) is 0 Å². The van der Waals surface area contributed by atoms with E-state index in [1.165, 1.54) is 16.4 Å². The molecular weight excluding hydrogens is 555 g/mol. The van der Waals surface area contributed by atoms with Gasteiger partial charge in [0, 0.05) is 12.1 Å². The smallest absolute Gasteiger partial charge is 0.234 e. The van der Waals surface area contributed by atoms with E-state index in [4.69, 9.17) is 23.2 Å². The molecule has 8 nitrogen and oxygen atoms in total. The van der Waals surface area contributed by atoms with Crippen LogP contribution in [-0.2, 0) is 21.4 Å². The molecule has 1 heterocycles. The molecule has 4 rings (SSSR count). The Morgan fingerprint density at radius 3 is 2.38 bits per heavy atom. The number of aromatic nitrogens is 4. The van der Waals surface area contributed by atoms with Crippen molar-refractivity contribution in [3.63, 3.8) is 0 Å². The first kappa shape index (κ1) is 28.6. The monoisotopic (exact) mass is 582 g/mol. The molecule has 0 radical (unpaired) electrons. The van der Waals surface area contributed by atoms with Gasteiger partial charge in [0.15, 0.2) is 0 Å². The number of hydrogen-bond acceptors (Lipinski definition) is 6. The number of benzene rings is 3. The molecular formula is C28H28Cl2N6O2S. The molecule has 0 atom stereocenters. The molecule has 2 amide bonds. The van der Waals surface area contributed by atoms with Crippen molar-refractivity contribution in [2.24, 2.45) is 0 Å². The number of carbonyl (C=O) groups is 2. The van der Waals surface area contributed by atoms with Gasteiger partial charge in [-0.15, -0.1) is 5.10 Å². The second kappa shape index (κ2) is 12.6. The summed E-state index contributed by atoms with van der Waals surface area (Å²) >= 11 is 14.1. The van der Waals surface area contributed by atoms with Gasteiger partial charge in [-0.2, -0.15) is 4.68 Å². The van der Waals surface area contributed by atoms with Crippen LogP contribution in [0.1, 0.15) is 38.3 Å². The van der Waals surface area contributed by atoms with E-state index in [9.17, 15) is 9.59 Å². The molecule has 0 saturated heterocycles. The quantitative estimate of drug-likeness (QED) is 0.216. The highest BCUT2D eigenvalue weighted by Crippen LogP contribution is 2.31. The molecule has 11 heteroatoms. The Morgan fingerprint density at radius 2 is 1.69 bits per heavy atom. The van der Waals surface area contributed by atoms with Crippen LogP contribution in [0.2, 0.25) is 10.0 Å². The maximum atomic E-state index is 12.6. The molecule has 0 aliphatic carbocycles. The van der Waals surface area contributed by atoms with Crippen molar-refractivity contribution in [2.75, 3.05) is 16.4 Å². The molecule has 202 valence electrons.